The number of guanidine groups is 1. The van der Waals surface area contributed by atoms with Gasteiger partial charge in [-0.2, -0.15) is 0 Å². The summed E-state index contributed by atoms with van der Waals surface area (Å²) in [6, 6.07) is 2.54. The summed E-state index contributed by atoms with van der Waals surface area (Å²) in [5.41, 5.74) is 0.588. The number of pyridine rings is 1. The molecule has 1 atom stereocenters. The maximum absolute atomic E-state index is 12.8. The van der Waals surface area contributed by atoms with Crippen LogP contribution in [0.2, 0.25) is 5.15 Å². The molecule has 1 saturated heterocycles. The molecule has 10 nitrogen and oxygen atoms in total. The number of hydrogen-bond donors (Lipinski definition) is 4. The molecule has 0 bridgehead atoms. The number of carboxylic acids is 1. The van der Waals surface area contributed by atoms with Gasteiger partial charge >= 0.3 is 5.97 Å². The van der Waals surface area contributed by atoms with Gasteiger partial charge in [0.25, 0.3) is 0 Å². The van der Waals surface area contributed by atoms with Crippen molar-refractivity contribution in [2.24, 2.45) is 10.9 Å². The maximum atomic E-state index is 12.8. The first kappa shape index (κ1) is 23.8. The summed E-state index contributed by atoms with van der Waals surface area (Å²) in [4.78, 5) is 46.5. The first-order valence-corrected chi connectivity index (χ1v) is 11.2. The lowest BCUT2D eigenvalue weighted by atomic mass is 9.94. The Morgan fingerprint density at radius 2 is 2.06 bits per heavy atom. The summed E-state index contributed by atoms with van der Waals surface area (Å²) in [6.07, 6.45) is 3.49. The number of hydrogen-bond acceptors (Lipinski definition) is 7. The molecule has 2 aliphatic heterocycles. The zero-order valence-electron chi connectivity index (χ0n) is 17.8. The van der Waals surface area contributed by atoms with E-state index in [-0.39, 0.29) is 24.2 Å². The van der Waals surface area contributed by atoms with Gasteiger partial charge in [0.1, 0.15) is 5.15 Å². The molecule has 0 aromatic carbocycles. The van der Waals surface area contributed by atoms with Crippen LogP contribution in [0, 0.1) is 5.92 Å². The Bertz CT molecular complexity index is 839. The molecule has 174 valence electrons. The van der Waals surface area contributed by atoms with Gasteiger partial charge in [-0.25, -0.2) is 4.98 Å². The molecule has 0 unspecified atom stereocenters. The van der Waals surface area contributed by atoms with Gasteiger partial charge in [-0.1, -0.05) is 17.7 Å². The van der Waals surface area contributed by atoms with Gasteiger partial charge in [-0.3, -0.25) is 19.4 Å². The van der Waals surface area contributed by atoms with Crippen molar-refractivity contribution < 1.29 is 19.5 Å². The molecule has 0 radical (unpaired) electrons. The Kier molecular flexibility index (Phi) is 8.66. The molecular formula is C21H29ClN6O4. The molecule has 1 aromatic heterocycles. The van der Waals surface area contributed by atoms with E-state index in [2.05, 4.69) is 25.9 Å². The number of rotatable bonds is 9. The van der Waals surface area contributed by atoms with Crippen LogP contribution in [0.1, 0.15) is 43.7 Å². The number of likely N-dealkylation sites (tertiary alicyclic amines) is 1. The second kappa shape index (κ2) is 11.7. The number of aliphatic carboxylic acids is 1. The van der Waals surface area contributed by atoms with Crippen LogP contribution in [0.15, 0.2) is 23.3 Å². The highest BCUT2D eigenvalue weighted by atomic mass is 35.5. The van der Waals surface area contributed by atoms with Crippen molar-refractivity contribution in [2.75, 3.05) is 32.7 Å². The van der Waals surface area contributed by atoms with Crippen molar-refractivity contribution in [2.45, 2.75) is 38.1 Å². The lowest BCUT2D eigenvalue weighted by molar-refractivity contribution is -0.139. The minimum absolute atomic E-state index is 0.0861. The van der Waals surface area contributed by atoms with Gasteiger partial charge in [0.05, 0.1) is 19.0 Å². The predicted octanol–water partition coefficient (Wildman–Crippen LogP) is 0.935. The average molecular weight is 465 g/mol. The van der Waals surface area contributed by atoms with Crippen molar-refractivity contribution in [1.29, 1.82) is 0 Å². The van der Waals surface area contributed by atoms with Crippen molar-refractivity contribution in [3.05, 3.63) is 29.0 Å². The number of nitrogens with one attached hydrogen (secondary N) is 3. The van der Waals surface area contributed by atoms with E-state index in [1.165, 1.54) is 6.20 Å². The fourth-order valence-electron chi connectivity index (χ4n) is 3.82. The number of carbonyl (C=O) groups is 3. The van der Waals surface area contributed by atoms with E-state index in [1.54, 1.807) is 17.0 Å². The number of carbonyl (C=O) groups excluding carboxylic acids is 2. The Labute approximate surface area is 191 Å². The minimum atomic E-state index is -1.02. The number of halogens is 1. The zero-order chi connectivity index (χ0) is 22.9. The van der Waals surface area contributed by atoms with Gasteiger partial charge in [0.15, 0.2) is 5.96 Å². The third-order valence-corrected chi connectivity index (χ3v) is 5.82. The first-order chi connectivity index (χ1) is 15.4. The Morgan fingerprint density at radius 1 is 1.28 bits per heavy atom. The normalized spacial score (nSPS) is 17.3. The van der Waals surface area contributed by atoms with E-state index >= 15 is 0 Å². The van der Waals surface area contributed by atoms with Gasteiger partial charge in [0, 0.05) is 44.7 Å². The first-order valence-electron chi connectivity index (χ1n) is 10.9. The van der Waals surface area contributed by atoms with E-state index in [1.807, 2.05) is 0 Å². The average Bonchev–Trinajstić information content (AvgIpc) is 3.30. The molecule has 3 heterocycles. The number of amides is 2. The van der Waals surface area contributed by atoms with Crippen molar-refractivity contribution >= 4 is 35.3 Å². The lowest BCUT2D eigenvalue weighted by Crippen LogP contribution is -2.44. The molecule has 1 aromatic rings. The van der Waals surface area contributed by atoms with Gasteiger partial charge in [-0.15, -0.1) is 0 Å². The van der Waals surface area contributed by atoms with E-state index in [0.29, 0.717) is 56.0 Å². The van der Waals surface area contributed by atoms with Crippen molar-refractivity contribution in [1.82, 2.24) is 25.8 Å². The van der Waals surface area contributed by atoms with Crippen LogP contribution in [-0.2, 0) is 14.4 Å². The van der Waals surface area contributed by atoms with Crippen LogP contribution in [0.4, 0.5) is 0 Å². The molecule has 11 heteroatoms. The summed E-state index contributed by atoms with van der Waals surface area (Å²) in [5, 5.41) is 18.6. The molecule has 0 saturated carbocycles. The topological polar surface area (TPSA) is 136 Å². The molecule has 4 N–H and O–H groups in total. The monoisotopic (exact) mass is 464 g/mol. The molecule has 32 heavy (non-hydrogen) atoms. The highest BCUT2D eigenvalue weighted by Crippen LogP contribution is 2.22. The summed E-state index contributed by atoms with van der Waals surface area (Å²) < 4.78 is 0. The molecule has 0 spiro atoms. The van der Waals surface area contributed by atoms with Crippen LogP contribution in [0.3, 0.4) is 0 Å². The Hall–Kier alpha value is -2.88. The summed E-state index contributed by atoms with van der Waals surface area (Å²) >= 11 is 5.80. The third-order valence-electron chi connectivity index (χ3n) is 5.60. The van der Waals surface area contributed by atoms with Crippen LogP contribution in [0.5, 0.6) is 0 Å². The Balaban J connectivity index is 1.42. The quantitative estimate of drug-likeness (QED) is 0.315. The molecule has 0 aliphatic carbocycles. The third kappa shape index (κ3) is 7.08. The van der Waals surface area contributed by atoms with E-state index < -0.39 is 12.0 Å². The fraction of sp³-hybridized carbons (Fsp3) is 0.571. The van der Waals surface area contributed by atoms with Crippen LogP contribution >= 0.6 is 11.6 Å². The van der Waals surface area contributed by atoms with Crippen LogP contribution in [0.25, 0.3) is 0 Å². The summed E-state index contributed by atoms with van der Waals surface area (Å²) in [7, 11) is 0. The van der Waals surface area contributed by atoms with Crippen LogP contribution in [-0.4, -0.2) is 71.5 Å². The smallest absolute Gasteiger partial charge is 0.305 e. The Morgan fingerprint density at radius 3 is 2.69 bits per heavy atom. The lowest BCUT2D eigenvalue weighted by Gasteiger charge is -2.32. The maximum Gasteiger partial charge on any atom is 0.305 e. The summed E-state index contributed by atoms with van der Waals surface area (Å²) in [6.45, 7) is 3.34. The second-order valence-electron chi connectivity index (χ2n) is 7.92. The SMILES string of the molecule is O=C(O)C[C@H](NC(=O)C1CCN(C(=O)CCCNC2=NCCN2)CC1)c1ccc(Cl)nc1. The second-order valence-corrected chi connectivity index (χ2v) is 8.30. The van der Waals surface area contributed by atoms with Crippen molar-refractivity contribution in [3.8, 4) is 0 Å². The van der Waals surface area contributed by atoms with E-state index in [0.717, 1.165) is 19.0 Å². The highest BCUT2D eigenvalue weighted by Gasteiger charge is 2.29. The molecule has 2 aliphatic rings. The molecular weight excluding hydrogens is 436 g/mol. The van der Waals surface area contributed by atoms with E-state index in [4.69, 9.17) is 11.6 Å². The molecule has 2 amide bonds. The number of nitrogens with zero attached hydrogens (tertiary/aromatic N) is 3. The zero-order valence-corrected chi connectivity index (χ0v) is 18.6. The minimum Gasteiger partial charge on any atom is -0.481 e. The number of piperidine rings is 1. The number of aliphatic imine (C=N–C) groups is 1. The van der Waals surface area contributed by atoms with Crippen molar-refractivity contribution in [3.63, 3.8) is 0 Å². The van der Waals surface area contributed by atoms with Gasteiger partial charge in [0.2, 0.25) is 11.8 Å². The summed E-state index contributed by atoms with van der Waals surface area (Å²) in [5.74, 6) is -0.602. The molecule has 3 rings (SSSR count). The largest absolute Gasteiger partial charge is 0.481 e. The highest BCUT2D eigenvalue weighted by molar-refractivity contribution is 6.29. The van der Waals surface area contributed by atoms with Gasteiger partial charge in [-0.05, 0) is 30.9 Å². The number of aromatic nitrogens is 1. The molecule has 1 fully saturated rings. The van der Waals surface area contributed by atoms with Gasteiger partial charge < -0.3 is 26.0 Å². The number of carboxylic acid groups (broad SMARTS) is 1. The standard InChI is InChI=1S/C21H29ClN6O4/c22-17-4-3-15(13-26-17)16(12-19(30)31)27-20(32)14-5-10-28(11-6-14)18(29)2-1-7-23-21-24-8-9-25-21/h3-4,13-14,16H,1-2,5-12H2,(H,27,32)(H,30,31)(H2,23,24,25)/t16-/m0/s1. The van der Waals surface area contributed by atoms with Crippen LogP contribution < -0.4 is 16.0 Å². The van der Waals surface area contributed by atoms with E-state index in [9.17, 15) is 19.5 Å². The predicted molar refractivity (Wildman–Crippen MR) is 119 cm³/mol. The fourth-order valence-corrected chi connectivity index (χ4v) is 3.93.